The number of anilines is 1. The third-order valence-electron chi connectivity index (χ3n) is 4.53. The summed E-state index contributed by atoms with van der Waals surface area (Å²) in [6.07, 6.45) is 3.47. The predicted molar refractivity (Wildman–Crippen MR) is 93.7 cm³/mol. The number of hydrogen-bond donors (Lipinski definition) is 1. The van der Waals surface area contributed by atoms with Gasteiger partial charge in [0.1, 0.15) is 11.6 Å². The minimum Gasteiger partial charge on any atom is -0.352 e. The molecule has 1 amide bonds. The first-order valence-corrected chi connectivity index (χ1v) is 8.85. The summed E-state index contributed by atoms with van der Waals surface area (Å²) in [4.78, 5) is 14.0. The van der Waals surface area contributed by atoms with E-state index in [-0.39, 0.29) is 17.9 Å². The zero-order chi connectivity index (χ0) is 17.7. The summed E-state index contributed by atoms with van der Waals surface area (Å²) in [6, 6.07) is 2.42. The zero-order valence-electron chi connectivity index (χ0n) is 15.1. The molecule has 6 heteroatoms. The molecule has 1 N–H and O–H groups in total. The van der Waals surface area contributed by atoms with Gasteiger partial charge in [0.15, 0.2) is 5.82 Å². The van der Waals surface area contributed by atoms with Crippen molar-refractivity contribution in [2.45, 2.75) is 59.4 Å². The van der Waals surface area contributed by atoms with Crippen LogP contribution in [0, 0.1) is 17.2 Å². The van der Waals surface area contributed by atoms with E-state index in [1.165, 1.54) is 0 Å². The number of piperidine rings is 1. The molecule has 0 bridgehead atoms. The minimum atomic E-state index is -0.0228. The molecule has 1 fully saturated rings. The molecule has 0 aliphatic carbocycles. The topological polar surface area (TPSA) is 81.9 Å². The molecule has 2 rings (SSSR count). The maximum absolute atomic E-state index is 12.0. The van der Waals surface area contributed by atoms with Gasteiger partial charge in [0, 0.05) is 25.0 Å². The molecule has 0 aromatic carbocycles. The first-order chi connectivity index (χ1) is 11.5. The molecular formula is C18H27N5O. The quantitative estimate of drug-likeness (QED) is 0.895. The number of nitriles is 1. The van der Waals surface area contributed by atoms with E-state index in [0.29, 0.717) is 17.9 Å². The van der Waals surface area contributed by atoms with E-state index >= 15 is 0 Å². The van der Waals surface area contributed by atoms with Gasteiger partial charge < -0.3 is 10.2 Å². The monoisotopic (exact) mass is 329 g/mol. The molecule has 1 aliphatic rings. The fourth-order valence-electron chi connectivity index (χ4n) is 3.16. The molecule has 0 spiro atoms. The van der Waals surface area contributed by atoms with Gasteiger partial charge in [-0.05, 0) is 31.2 Å². The number of carbonyl (C=O) groups excluding carboxylic acids is 1. The van der Waals surface area contributed by atoms with Crippen molar-refractivity contribution in [3.05, 3.63) is 16.8 Å². The second-order valence-corrected chi connectivity index (χ2v) is 6.59. The van der Waals surface area contributed by atoms with Crippen LogP contribution in [0.3, 0.4) is 0 Å². The maximum Gasteiger partial charge on any atom is 0.222 e. The van der Waals surface area contributed by atoms with Crippen molar-refractivity contribution in [2.75, 3.05) is 18.0 Å². The van der Waals surface area contributed by atoms with Gasteiger partial charge in [-0.1, -0.05) is 27.7 Å². The molecule has 1 aliphatic heterocycles. The van der Waals surface area contributed by atoms with Crippen molar-refractivity contribution < 1.29 is 4.79 Å². The third kappa shape index (κ3) is 3.84. The number of hydrogen-bond acceptors (Lipinski definition) is 5. The van der Waals surface area contributed by atoms with Crippen LogP contribution in [0.25, 0.3) is 0 Å². The van der Waals surface area contributed by atoms with Crippen molar-refractivity contribution in [1.82, 2.24) is 15.5 Å². The van der Waals surface area contributed by atoms with Crippen LogP contribution >= 0.6 is 0 Å². The van der Waals surface area contributed by atoms with Gasteiger partial charge in [0.05, 0.1) is 5.69 Å². The van der Waals surface area contributed by atoms with E-state index in [1.807, 2.05) is 27.7 Å². The molecule has 1 atom stereocenters. The lowest BCUT2D eigenvalue weighted by Crippen LogP contribution is -2.49. The van der Waals surface area contributed by atoms with Gasteiger partial charge in [-0.3, -0.25) is 4.79 Å². The molecule has 6 nitrogen and oxygen atoms in total. The summed E-state index contributed by atoms with van der Waals surface area (Å²) in [5.74, 6) is 0.712. The number of carbonyl (C=O) groups is 1. The smallest absolute Gasteiger partial charge is 0.222 e. The highest BCUT2D eigenvalue weighted by Gasteiger charge is 2.26. The molecule has 1 unspecified atom stereocenters. The van der Waals surface area contributed by atoms with Crippen molar-refractivity contribution in [1.29, 1.82) is 5.26 Å². The molecule has 130 valence electrons. The van der Waals surface area contributed by atoms with Gasteiger partial charge in [-0.2, -0.15) is 10.4 Å². The Morgan fingerprint density at radius 3 is 2.71 bits per heavy atom. The second kappa shape index (κ2) is 8.09. The van der Waals surface area contributed by atoms with Gasteiger partial charge >= 0.3 is 0 Å². The van der Waals surface area contributed by atoms with Crippen LogP contribution in [0.5, 0.6) is 0 Å². The number of aromatic nitrogens is 2. The van der Waals surface area contributed by atoms with E-state index in [0.717, 1.165) is 43.5 Å². The van der Waals surface area contributed by atoms with E-state index < -0.39 is 0 Å². The van der Waals surface area contributed by atoms with Crippen LogP contribution in [-0.2, 0) is 17.6 Å². The van der Waals surface area contributed by atoms with Gasteiger partial charge in [-0.15, -0.1) is 5.10 Å². The van der Waals surface area contributed by atoms with Crippen LogP contribution < -0.4 is 10.2 Å². The minimum absolute atomic E-state index is 0.0228. The summed E-state index contributed by atoms with van der Waals surface area (Å²) < 4.78 is 0. The first kappa shape index (κ1) is 18.2. The highest BCUT2D eigenvalue weighted by molar-refractivity contribution is 5.78. The Morgan fingerprint density at radius 2 is 2.12 bits per heavy atom. The van der Waals surface area contributed by atoms with Crippen molar-refractivity contribution >= 4 is 11.7 Å². The maximum atomic E-state index is 12.0. The summed E-state index contributed by atoms with van der Waals surface area (Å²) in [5.41, 5.74) is 2.54. The Kier molecular flexibility index (Phi) is 6.13. The highest BCUT2D eigenvalue weighted by atomic mass is 16.1. The largest absolute Gasteiger partial charge is 0.352 e. The van der Waals surface area contributed by atoms with Gasteiger partial charge in [-0.25, -0.2) is 0 Å². The standard InChI is InChI=1S/C18H27N5O/c1-5-14-15(10-19)17(22-21-16(14)6-2)23-9-7-8-13(11-23)20-18(24)12(3)4/h12-13H,5-9,11H2,1-4H3,(H,20,24). The molecule has 2 heterocycles. The molecular weight excluding hydrogens is 302 g/mol. The summed E-state index contributed by atoms with van der Waals surface area (Å²) in [7, 11) is 0. The normalized spacial score (nSPS) is 17.7. The average Bonchev–Trinajstić information content (AvgIpc) is 2.60. The fourth-order valence-corrected chi connectivity index (χ4v) is 3.16. The second-order valence-electron chi connectivity index (χ2n) is 6.59. The zero-order valence-corrected chi connectivity index (χ0v) is 15.1. The molecule has 0 saturated carbocycles. The number of nitrogens with zero attached hydrogens (tertiary/aromatic N) is 4. The van der Waals surface area contributed by atoms with E-state index in [4.69, 9.17) is 0 Å². The Morgan fingerprint density at radius 1 is 1.38 bits per heavy atom. The lowest BCUT2D eigenvalue weighted by molar-refractivity contribution is -0.124. The van der Waals surface area contributed by atoms with E-state index in [9.17, 15) is 10.1 Å². The first-order valence-electron chi connectivity index (χ1n) is 8.85. The summed E-state index contributed by atoms with van der Waals surface area (Å²) in [5, 5.41) is 21.4. The molecule has 0 radical (unpaired) electrons. The van der Waals surface area contributed by atoms with Gasteiger partial charge in [0.25, 0.3) is 0 Å². The lowest BCUT2D eigenvalue weighted by Gasteiger charge is -2.34. The molecule has 1 aromatic heterocycles. The summed E-state index contributed by atoms with van der Waals surface area (Å²) >= 11 is 0. The third-order valence-corrected chi connectivity index (χ3v) is 4.53. The van der Waals surface area contributed by atoms with Crippen LogP contribution in [0.1, 0.15) is 57.4 Å². The average molecular weight is 329 g/mol. The molecule has 24 heavy (non-hydrogen) atoms. The van der Waals surface area contributed by atoms with Crippen molar-refractivity contribution in [3.63, 3.8) is 0 Å². The number of aryl methyl sites for hydroxylation is 1. The van der Waals surface area contributed by atoms with Crippen molar-refractivity contribution in [2.24, 2.45) is 5.92 Å². The molecule has 1 aromatic rings. The summed E-state index contributed by atoms with van der Waals surface area (Å²) in [6.45, 7) is 9.38. The van der Waals surface area contributed by atoms with Crippen molar-refractivity contribution in [3.8, 4) is 6.07 Å². The molecule has 1 saturated heterocycles. The van der Waals surface area contributed by atoms with Crippen LogP contribution in [0.15, 0.2) is 0 Å². The van der Waals surface area contributed by atoms with Crippen LogP contribution in [0.2, 0.25) is 0 Å². The van der Waals surface area contributed by atoms with Crippen LogP contribution in [-0.4, -0.2) is 35.2 Å². The Hall–Kier alpha value is -2.16. The predicted octanol–water partition coefficient (Wildman–Crippen LogP) is 2.21. The SMILES string of the molecule is CCc1nnc(N2CCCC(NC(=O)C(C)C)C2)c(C#N)c1CC. The van der Waals surface area contributed by atoms with Gasteiger partial charge in [0.2, 0.25) is 5.91 Å². The van der Waals surface area contributed by atoms with E-state index in [2.05, 4.69) is 26.5 Å². The number of rotatable bonds is 5. The Bertz CT molecular complexity index is 635. The highest BCUT2D eigenvalue weighted by Crippen LogP contribution is 2.26. The van der Waals surface area contributed by atoms with Crippen LogP contribution in [0.4, 0.5) is 5.82 Å². The van der Waals surface area contributed by atoms with E-state index in [1.54, 1.807) is 0 Å². The number of amides is 1. The Labute approximate surface area is 144 Å². The lowest BCUT2D eigenvalue weighted by atomic mass is 10.0. The Balaban J connectivity index is 2.25. The number of nitrogens with one attached hydrogen (secondary N) is 1. The fraction of sp³-hybridized carbons (Fsp3) is 0.667.